The first-order valence-electron chi connectivity index (χ1n) is 19.6. The summed E-state index contributed by atoms with van der Waals surface area (Å²) in [6.45, 7) is 5.64. The molecule has 0 radical (unpaired) electrons. The summed E-state index contributed by atoms with van der Waals surface area (Å²) >= 11 is 0. The van der Waals surface area contributed by atoms with Crippen molar-refractivity contribution < 1.29 is 24.3 Å². The average Bonchev–Trinajstić information content (AvgIpc) is 3.86. The van der Waals surface area contributed by atoms with Gasteiger partial charge in [-0.05, 0) is 73.7 Å². The van der Waals surface area contributed by atoms with Crippen LogP contribution in [0.2, 0.25) is 0 Å². The van der Waals surface area contributed by atoms with E-state index in [0.29, 0.717) is 49.8 Å². The molecule has 10 rings (SSSR count). The summed E-state index contributed by atoms with van der Waals surface area (Å²) in [6, 6.07) is 16.2. The number of imidazole rings is 1. The van der Waals surface area contributed by atoms with Crippen molar-refractivity contribution in [3.05, 3.63) is 89.9 Å². The van der Waals surface area contributed by atoms with Gasteiger partial charge in [0.05, 0.1) is 23.6 Å². The Morgan fingerprint density at radius 1 is 0.947 bits per heavy atom. The maximum absolute atomic E-state index is 13.5. The molecular weight excluding hydrogens is 725 g/mol. The second-order valence-corrected chi connectivity index (χ2v) is 15.7. The molecule has 57 heavy (non-hydrogen) atoms. The number of hydrogen-bond donors (Lipinski definition) is 5. The van der Waals surface area contributed by atoms with Crippen molar-refractivity contribution in [1.29, 1.82) is 0 Å². The maximum Gasteiger partial charge on any atom is 0.270 e. The Morgan fingerprint density at radius 3 is 2.56 bits per heavy atom. The van der Waals surface area contributed by atoms with E-state index in [-0.39, 0.29) is 29.1 Å². The summed E-state index contributed by atoms with van der Waals surface area (Å²) in [6.07, 6.45) is 6.53. The van der Waals surface area contributed by atoms with Crippen LogP contribution in [0.25, 0.3) is 33.3 Å². The SMILES string of the molecule is CCc1nc(-c2cccc3cc(-c4ccc(C(=O)NC56CC(C5)[C@H](Nc5cccc(C(=O)NC7CCC(O)NC7=O)n5)C6)nc4)ncc23)c2n1CCN(C(C)=O)C2. The minimum Gasteiger partial charge on any atom is -0.374 e. The highest BCUT2D eigenvalue weighted by Crippen LogP contribution is 2.53. The molecule has 1 aromatic carbocycles. The first kappa shape index (κ1) is 36.4. The van der Waals surface area contributed by atoms with Crippen molar-refractivity contribution in [2.75, 3.05) is 11.9 Å². The van der Waals surface area contributed by atoms with Crippen LogP contribution in [0.15, 0.2) is 67.0 Å². The zero-order chi connectivity index (χ0) is 39.4. The van der Waals surface area contributed by atoms with Crippen LogP contribution in [0.5, 0.6) is 0 Å². The highest BCUT2D eigenvalue weighted by atomic mass is 16.3. The molecule has 4 aromatic heterocycles. The van der Waals surface area contributed by atoms with Crippen LogP contribution in [0.1, 0.15) is 78.4 Å². The van der Waals surface area contributed by atoms with Crippen molar-refractivity contribution in [3.63, 3.8) is 0 Å². The number of amides is 4. The molecule has 292 valence electrons. The second-order valence-electron chi connectivity index (χ2n) is 15.7. The summed E-state index contributed by atoms with van der Waals surface area (Å²) in [4.78, 5) is 71.5. The lowest BCUT2D eigenvalue weighted by Crippen LogP contribution is -2.54. The van der Waals surface area contributed by atoms with Gasteiger partial charge in [0.1, 0.15) is 35.3 Å². The number of rotatable bonds is 9. The van der Waals surface area contributed by atoms with Gasteiger partial charge in [-0.2, -0.15) is 0 Å². The number of carbonyl (C=O) groups excluding carboxylic acids is 4. The molecule has 3 atom stereocenters. The third kappa shape index (κ3) is 6.85. The molecule has 4 amide bonds. The number of carbonyl (C=O) groups is 4. The fourth-order valence-corrected chi connectivity index (χ4v) is 9.02. The number of aryl methyl sites for hydroxylation is 1. The van der Waals surface area contributed by atoms with Gasteiger partial charge in [0, 0.05) is 66.9 Å². The Labute approximate surface area is 328 Å². The van der Waals surface area contributed by atoms with E-state index in [1.807, 2.05) is 29.3 Å². The Bertz CT molecular complexity index is 2420. The first-order chi connectivity index (χ1) is 27.6. The fraction of sp³-hybridized carbons (Fsp3) is 0.381. The van der Waals surface area contributed by atoms with E-state index in [4.69, 9.17) is 9.97 Å². The van der Waals surface area contributed by atoms with Crippen molar-refractivity contribution >= 4 is 40.2 Å². The van der Waals surface area contributed by atoms with Gasteiger partial charge in [-0.25, -0.2) is 9.97 Å². The standard InChI is InChI=1S/C42H44N10O5/c1-3-36-48-38(34-22-51(23(2)53)14-15-52(34)36)27-7-4-6-24-16-32(44-21-28(24)27)25-10-11-29(43-20-25)41(57)50-42-17-26(18-42)33(19-42)46-35-9-5-8-30(45-35)39(55)47-31-12-13-37(54)49-40(31)56/h4-11,16,20-21,26,31,33,37,54H,3,12-15,17-19,22H2,1-2H3,(H,45,46)(H,47,55)(H,49,56)(H,50,57)/t26?,31?,33-,37?,42?/m1/s1. The van der Waals surface area contributed by atoms with Gasteiger partial charge in [0.15, 0.2) is 0 Å². The number of benzene rings is 1. The number of piperidine rings is 1. The number of aliphatic hydroxyl groups excluding tert-OH is 1. The van der Waals surface area contributed by atoms with E-state index in [9.17, 15) is 24.3 Å². The molecular formula is C42H44N10O5. The molecule has 4 fully saturated rings. The number of hydrogen-bond acceptors (Lipinski definition) is 10. The lowest BCUT2D eigenvalue weighted by molar-refractivity contribution is -0.130. The van der Waals surface area contributed by atoms with E-state index >= 15 is 0 Å². The van der Waals surface area contributed by atoms with Gasteiger partial charge in [-0.3, -0.25) is 29.1 Å². The van der Waals surface area contributed by atoms with Crippen molar-refractivity contribution in [2.45, 2.75) is 89.3 Å². The maximum atomic E-state index is 13.5. The molecule has 5 aliphatic rings. The summed E-state index contributed by atoms with van der Waals surface area (Å²) in [5, 5.41) is 23.4. The van der Waals surface area contributed by atoms with Gasteiger partial charge < -0.3 is 35.8 Å². The molecule has 5 aromatic rings. The molecule has 6 heterocycles. The lowest BCUT2D eigenvalue weighted by Gasteiger charge is -2.39. The molecule has 15 heteroatoms. The van der Waals surface area contributed by atoms with Crippen molar-refractivity contribution in [3.8, 4) is 22.5 Å². The molecule has 3 aliphatic carbocycles. The van der Waals surface area contributed by atoms with Gasteiger partial charge in [0.25, 0.3) is 11.8 Å². The second kappa shape index (κ2) is 14.4. The molecule has 1 saturated heterocycles. The van der Waals surface area contributed by atoms with Crippen LogP contribution in [0, 0.1) is 5.92 Å². The minimum atomic E-state index is -0.896. The van der Waals surface area contributed by atoms with Gasteiger partial charge >= 0.3 is 0 Å². The quantitative estimate of drug-likeness (QED) is 0.148. The van der Waals surface area contributed by atoms with E-state index in [0.717, 1.165) is 70.6 Å². The van der Waals surface area contributed by atoms with Crippen molar-refractivity contribution in [2.24, 2.45) is 5.92 Å². The summed E-state index contributed by atoms with van der Waals surface area (Å²) in [5.74, 6) is 0.857. The highest BCUT2D eigenvalue weighted by Gasteiger charge is 2.57. The fourth-order valence-electron chi connectivity index (χ4n) is 9.02. The number of nitrogens with one attached hydrogen (secondary N) is 4. The van der Waals surface area contributed by atoms with E-state index in [2.05, 4.69) is 54.9 Å². The normalized spacial score (nSPS) is 23.6. The highest BCUT2D eigenvalue weighted by molar-refractivity contribution is 5.98. The molecule has 2 bridgehead atoms. The zero-order valence-electron chi connectivity index (χ0n) is 31.8. The third-order valence-corrected chi connectivity index (χ3v) is 12.0. The smallest absolute Gasteiger partial charge is 0.270 e. The van der Waals surface area contributed by atoms with E-state index < -0.39 is 24.1 Å². The number of nitrogens with zero attached hydrogens (tertiary/aromatic N) is 6. The molecule has 5 N–H and O–H groups in total. The average molecular weight is 769 g/mol. The minimum absolute atomic E-state index is 0.0583. The molecule has 15 nitrogen and oxygen atoms in total. The van der Waals surface area contributed by atoms with Crippen LogP contribution < -0.4 is 21.3 Å². The molecule has 3 saturated carbocycles. The molecule has 2 aliphatic heterocycles. The van der Waals surface area contributed by atoms with Crippen LogP contribution in [0.3, 0.4) is 0 Å². The number of pyridine rings is 3. The molecule has 2 unspecified atom stereocenters. The van der Waals surface area contributed by atoms with Crippen molar-refractivity contribution in [1.82, 2.24) is 45.4 Å². The number of fused-ring (bicyclic) bond motifs is 3. The van der Waals surface area contributed by atoms with Gasteiger partial charge in [-0.15, -0.1) is 0 Å². The van der Waals surface area contributed by atoms with Crippen LogP contribution in [-0.4, -0.2) is 88.5 Å². The van der Waals surface area contributed by atoms with Crippen LogP contribution in [-0.2, 0) is 29.1 Å². The Kier molecular flexibility index (Phi) is 9.18. The number of anilines is 1. The Morgan fingerprint density at radius 2 is 1.79 bits per heavy atom. The predicted molar refractivity (Wildman–Crippen MR) is 210 cm³/mol. The van der Waals surface area contributed by atoms with Gasteiger partial charge in [-0.1, -0.05) is 31.2 Å². The predicted octanol–water partition coefficient (Wildman–Crippen LogP) is 3.57. The summed E-state index contributed by atoms with van der Waals surface area (Å²) in [5.41, 5.74) is 4.61. The van der Waals surface area contributed by atoms with Gasteiger partial charge in [0.2, 0.25) is 11.8 Å². The van der Waals surface area contributed by atoms with E-state index in [1.165, 1.54) is 0 Å². The summed E-state index contributed by atoms with van der Waals surface area (Å²) < 4.78 is 2.25. The van der Waals surface area contributed by atoms with Crippen LogP contribution >= 0.6 is 0 Å². The topological polar surface area (TPSA) is 196 Å². The first-order valence-corrected chi connectivity index (χ1v) is 19.6. The number of aliphatic hydroxyl groups is 1. The largest absolute Gasteiger partial charge is 0.374 e. The Balaban J connectivity index is 0.844. The Hall–Kier alpha value is -6.22. The zero-order valence-corrected chi connectivity index (χ0v) is 31.8. The lowest BCUT2D eigenvalue weighted by atomic mass is 9.76. The monoisotopic (exact) mass is 768 g/mol. The van der Waals surface area contributed by atoms with E-state index in [1.54, 1.807) is 37.4 Å². The third-order valence-electron chi connectivity index (χ3n) is 12.0. The summed E-state index contributed by atoms with van der Waals surface area (Å²) in [7, 11) is 0. The molecule has 0 spiro atoms. The number of aromatic nitrogens is 5. The van der Waals surface area contributed by atoms with Crippen LogP contribution in [0.4, 0.5) is 5.82 Å².